The third-order valence-corrected chi connectivity index (χ3v) is 2.25. The maximum absolute atomic E-state index is 13.5. The molecule has 17 heavy (non-hydrogen) atoms. The van der Waals surface area contributed by atoms with Crippen molar-refractivity contribution in [3.63, 3.8) is 0 Å². The lowest BCUT2D eigenvalue weighted by atomic mass is 10.2. The highest BCUT2D eigenvalue weighted by Gasteiger charge is 2.06. The quantitative estimate of drug-likeness (QED) is 0.797. The zero-order valence-corrected chi connectivity index (χ0v) is 9.48. The largest absolute Gasteiger partial charge is 0.455 e. The molecule has 1 heterocycles. The molecule has 0 aromatic heterocycles. The molecule has 0 spiro atoms. The third-order valence-electron chi connectivity index (χ3n) is 2.25. The number of halogens is 1. The van der Waals surface area contributed by atoms with Crippen molar-refractivity contribution in [3.8, 4) is 5.75 Å². The standard InChI is InChI=1S/C13H13FN2O/c1-9-6-11(4-5-16-8-9)17-13-3-2-10(15)7-12(13)14/h2-4,6-8H,5,15H2,1H3. The van der Waals surface area contributed by atoms with Crippen molar-refractivity contribution >= 4 is 11.9 Å². The molecule has 1 aliphatic heterocycles. The SMILES string of the molecule is CC1=CC(Oc2ccc(N)cc2F)=CCN=C1. The van der Waals surface area contributed by atoms with Gasteiger partial charge in [0.2, 0.25) is 0 Å². The van der Waals surface area contributed by atoms with Crippen molar-refractivity contribution in [2.45, 2.75) is 6.92 Å². The summed E-state index contributed by atoms with van der Waals surface area (Å²) in [6, 6.07) is 4.35. The van der Waals surface area contributed by atoms with Gasteiger partial charge in [0.05, 0.1) is 6.54 Å². The Morgan fingerprint density at radius 3 is 3.00 bits per heavy atom. The van der Waals surface area contributed by atoms with Crippen molar-refractivity contribution in [3.05, 3.63) is 47.5 Å². The van der Waals surface area contributed by atoms with Crippen molar-refractivity contribution in [1.29, 1.82) is 0 Å². The van der Waals surface area contributed by atoms with Gasteiger partial charge in [-0.25, -0.2) is 4.39 Å². The molecule has 0 unspecified atom stereocenters. The number of aliphatic imine (C=N–C) groups is 1. The molecule has 0 bridgehead atoms. The third kappa shape index (κ3) is 2.93. The Morgan fingerprint density at radius 2 is 2.24 bits per heavy atom. The molecule has 0 atom stereocenters. The minimum Gasteiger partial charge on any atom is -0.455 e. The summed E-state index contributed by atoms with van der Waals surface area (Å²) < 4.78 is 19.0. The van der Waals surface area contributed by atoms with Crippen LogP contribution in [-0.2, 0) is 0 Å². The summed E-state index contributed by atoms with van der Waals surface area (Å²) in [6.07, 6.45) is 5.36. The number of nitrogens with two attached hydrogens (primary N) is 1. The molecule has 1 aromatic rings. The first-order chi connectivity index (χ1) is 8.15. The minimum atomic E-state index is -0.470. The van der Waals surface area contributed by atoms with Gasteiger partial charge in [0, 0.05) is 18.0 Å². The fourth-order valence-corrected chi connectivity index (χ4v) is 1.46. The summed E-state index contributed by atoms with van der Waals surface area (Å²) in [5.41, 5.74) is 6.80. The van der Waals surface area contributed by atoms with E-state index in [1.54, 1.807) is 18.4 Å². The Labute approximate surface area is 99.1 Å². The van der Waals surface area contributed by atoms with Crippen LogP contribution in [0.5, 0.6) is 5.75 Å². The van der Waals surface area contributed by atoms with Gasteiger partial charge in [0.15, 0.2) is 11.6 Å². The van der Waals surface area contributed by atoms with Crippen LogP contribution in [0.15, 0.2) is 46.7 Å². The van der Waals surface area contributed by atoms with E-state index in [-0.39, 0.29) is 5.75 Å². The summed E-state index contributed by atoms with van der Waals surface area (Å²) >= 11 is 0. The fourth-order valence-electron chi connectivity index (χ4n) is 1.46. The molecular weight excluding hydrogens is 219 g/mol. The Kier molecular flexibility index (Phi) is 3.23. The van der Waals surface area contributed by atoms with E-state index in [0.29, 0.717) is 18.0 Å². The number of hydrogen-bond donors (Lipinski definition) is 1. The molecule has 4 heteroatoms. The summed E-state index contributed by atoms with van der Waals surface area (Å²) in [6.45, 7) is 2.44. The lowest BCUT2D eigenvalue weighted by Gasteiger charge is -2.07. The predicted molar refractivity (Wildman–Crippen MR) is 66.6 cm³/mol. The first kappa shape index (κ1) is 11.4. The van der Waals surface area contributed by atoms with Gasteiger partial charge < -0.3 is 10.5 Å². The Bertz CT molecular complexity index is 518. The van der Waals surface area contributed by atoms with E-state index in [1.165, 1.54) is 12.1 Å². The molecule has 0 aliphatic carbocycles. The first-order valence-corrected chi connectivity index (χ1v) is 5.26. The van der Waals surface area contributed by atoms with E-state index >= 15 is 0 Å². The lowest BCUT2D eigenvalue weighted by molar-refractivity contribution is 0.411. The molecule has 1 aromatic carbocycles. The zero-order chi connectivity index (χ0) is 12.3. The smallest absolute Gasteiger partial charge is 0.167 e. The maximum Gasteiger partial charge on any atom is 0.167 e. The molecule has 3 nitrogen and oxygen atoms in total. The molecule has 2 N–H and O–H groups in total. The lowest BCUT2D eigenvalue weighted by Crippen LogP contribution is -1.97. The number of nitrogens with zero attached hydrogens (tertiary/aromatic N) is 1. The summed E-state index contributed by atoms with van der Waals surface area (Å²) in [5.74, 6) is 0.280. The Morgan fingerprint density at radius 1 is 1.41 bits per heavy atom. The number of hydrogen-bond acceptors (Lipinski definition) is 3. The van der Waals surface area contributed by atoms with E-state index in [0.717, 1.165) is 5.57 Å². The zero-order valence-electron chi connectivity index (χ0n) is 9.48. The number of benzene rings is 1. The molecule has 0 amide bonds. The van der Waals surface area contributed by atoms with Gasteiger partial charge >= 0.3 is 0 Å². The first-order valence-electron chi connectivity index (χ1n) is 5.26. The molecular formula is C13H13FN2O. The average molecular weight is 232 g/mol. The van der Waals surface area contributed by atoms with Crippen molar-refractivity contribution in [1.82, 2.24) is 0 Å². The maximum atomic E-state index is 13.5. The molecule has 2 rings (SSSR count). The summed E-state index contributed by atoms with van der Waals surface area (Å²) in [4.78, 5) is 4.12. The van der Waals surface area contributed by atoms with Gasteiger partial charge in [-0.3, -0.25) is 4.99 Å². The number of ether oxygens (including phenoxy) is 1. The molecule has 0 saturated carbocycles. The van der Waals surface area contributed by atoms with Crippen LogP contribution >= 0.6 is 0 Å². The van der Waals surface area contributed by atoms with Crippen LogP contribution in [0.25, 0.3) is 0 Å². The van der Waals surface area contributed by atoms with Crippen LogP contribution in [0.4, 0.5) is 10.1 Å². The van der Waals surface area contributed by atoms with Crippen LogP contribution in [0, 0.1) is 5.82 Å². The van der Waals surface area contributed by atoms with E-state index < -0.39 is 5.82 Å². The highest BCUT2D eigenvalue weighted by molar-refractivity contribution is 5.79. The molecule has 0 saturated heterocycles. The van der Waals surface area contributed by atoms with Gasteiger partial charge in [-0.05, 0) is 36.8 Å². The second-order valence-electron chi connectivity index (χ2n) is 3.78. The van der Waals surface area contributed by atoms with Crippen LogP contribution in [0.3, 0.4) is 0 Å². The molecule has 1 aliphatic rings. The van der Waals surface area contributed by atoms with Gasteiger partial charge in [-0.15, -0.1) is 0 Å². The Hall–Kier alpha value is -2.10. The van der Waals surface area contributed by atoms with Crippen molar-refractivity contribution in [2.75, 3.05) is 12.3 Å². The van der Waals surface area contributed by atoms with E-state index in [1.807, 2.05) is 13.0 Å². The Balaban J connectivity index is 2.21. The van der Waals surface area contributed by atoms with E-state index in [4.69, 9.17) is 10.5 Å². The molecule has 88 valence electrons. The van der Waals surface area contributed by atoms with Gasteiger partial charge in [0.1, 0.15) is 5.76 Å². The van der Waals surface area contributed by atoms with Gasteiger partial charge in [-0.2, -0.15) is 0 Å². The van der Waals surface area contributed by atoms with Gasteiger partial charge in [-0.1, -0.05) is 0 Å². The number of anilines is 1. The van der Waals surface area contributed by atoms with E-state index in [2.05, 4.69) is 4.99 Å². The number of nitrogen functional groups attached to an aromatic ring is 1. The second-order valence-corrected chi connectivity index (χ2v) is 3.78. The van der Waals surface area contributed by atoms with Crippen LogP contribution in [0.2, 0.25) is 0 Å². The van der Waals surface area contributed by atoms with Crippen LogP contribution < -0.4 is 10.5 Å². The fraction of sp³-hybridized carbons (Fsp3) is 0.154. The van der Waals surface area contributed by atoms with Crippen molar-refractivity contribution < 1.29 is 9.13 Å². The predicted octanol–water partition coefficient (Wildman–Crippen LogP) is 2.70. The highest BCUT2D eigenvalue weighted by atomic mass is 19.1. The summed E-state index contributed by atoms with van der Waals surface area (Å²) in [5, 5.41) is 0. The molecule has 0 radical (unpaired) electrons. The monoisotopic (exact) mass is 232 g/mol. The number of rotatable bonds is 2. The topological polar surface area (TPSA) is 47.6 Å². The minimum absolute atomic E-state index is 0.163. The highest BCUT2D eigenvalue weighted by Crippen LogP contribution is 2.22. The average Bonchev–Trinajstić information content (AvgIpc) is 2.47. The normalized spacial score (nSPS) is 14.9. The molecule has 0 fully saturated rings. The van der Waals surface area contributed by atoms with E-state index in [9.17, 15) is 4.39 Å². The van der Waals surface area contributed by atoms with Gasteiger partial charge in [0.25, 0.3) is 0 Å². The second kappa shape index (κ2) is 4.82. The summed E-state index contributed by atoms with van der Waals surface area (Å²) in [7, 11) is 0. The number of allylic oxidation sites excluding steroid dienone is 2. The van der Waals surface area contributed by atoms with Crippen LogP contribution in [0.1, 0.15) is 6.92 Å². The van der Waals surface area contributed by atoms with Crippen LogP contribution in [-0.4, -0.2) is 12.8 Å². The van der Waals surface area contributed by atoms with Crippen molar-refractivity contribution in [2.24, 2.45) is 4.99 Å².